The van der Waals surface area contributed by atoms with Crippen molar-refractivity contribution in [2.75, 3.05) is 6.79 Å². The van der Waals surface area contributed by atoms with Gasteiger partial charge in [-0.2, -0.15) is 18.3 Å². The van der Waals surface area contributed by atoms with E-state index in [0.29, 0.717) is 27.8 Å². The second kappa shape index (κ2) is 7.91. The van der Waals surface area contributed by atoms with Crippen LogP contribution >= 0.6 is 11.6 Å². The first kappa shape index (κ1) is 20.1. The predicted molar refractivity (Wildman–Crippen MR) is 102 cm³/mol. The summed E-state index contributed by atoms with van der Waals surface area (Å²) in [6.07, 6.45) is -4.58. The van der Waals surface area contributed by atoms with E-state index in [4.69, 9.17) is 21.1 Å². The van der Waals surface area contributed by atoms with Gasteiger partial charge in [0.25, 0.3) is 0 Å². The molecule has 3 aromatic rings. The van der Waals surface area contributed by atoms with Crippen LogP contribution in [0.25, 0.3) is 5.69 Å². The molecule has 6 nitrogen and oxygen atoms in total. The number of alkyl halides is 3. The van der Waals surface area contributed by atoms with Crippen LogP contribution in [0.2, 0.25) is 5.02 Å². The first-order chi connectivity index (χ1) is 14.3. The minimum atomic E-state index is -4.62. The summed E-state index contributed by atoms with van der Waals surface area (Å²) in [4.78, 5) is 12.3. The van der Waals surface area contributed by atoms with Gasteiger partial charge in [0.1, 0.15) is 0 Å². The van der Waals surface area contributed by atoms with Gasteiger partial charge in [0.2, 0.25) is 12.7 Å². The van der Waals surface area contributed by atoms with E-state index >= 15 is 0 Å². The molecule has 1 aliphatic rings. The van der Waals surface area contributed by atoms with Gasteiger partial charge in [-0.25, -0.2) is 4.68 Å². The fraction of sp³-hybridized carbons (Fsp3) is 0.200. The maximum Gasteiger partial charge on any atom is 0.435 e. The van der Waals surface area contributed by atoms with Gasteiger partial charge in [0, 0.05) is 5.02 Å². The van der Waals surface area contributed by atoms with Gasteiger partial charge in [-0.1, -0.05) is 23.7 Å². The average molecular weight is 438 g/mol. The molecule has 0 spiro atoms. The molecular formula is C20H15ClF3N3O3. The van der Waals surface area contributed by atoms with E-state index in [1.807, 2.05) is 0 Å². The minimum Gasteiger partial charge on any atom is -0.454 e. The molecule has 10 heteroatoms. The molecule has 0 aliphatic carbocycles. The zero-order valence-electron chi connectivity index (χ0n) is 15.4. The Balaban J connectivity index is 1.50. The van der Waals surface area contributed by atoms with Crippen molar-refractivity contribution in [2.45, 2.75) is 19.1 Å². The largest absolute Gasteiger partial charge is 0.454 e. The second-order valence-corrected chi connectivity index (χ2v) is 6.99. The van der Waals surface area contributed by atoms with Crippen LogP contribution in [0.15, 0.2) is 48.5 Å². The minimum absolute atomic E-state index is 0.0358. The quantitative estimate of drug-likeness (QED) is 0.651. The monoisotopic (exact) mass is 437 g/mol. The van der Waals surface area contributed by atoms with Crippen molar-refractivity contribution >= 4 is 17.5 Å². The Hall–Kier alpha value is -3.20. The van der Waals surface area contributed by atoms with Crippen molar-refractivity contribution in [3.63, 3.8) is 0 Å². The zero-order valence-corrected chi connectivity index (χ0v) is 16.1. The molecule has 0 saturated heterocycles. The number of hydrogen-bond donors (Lipinski definition) is 1. The number of nitrogens with one attached hydrogen (secondary N) is 1. The Kier molecular flexibility index (Phi) is 5.29. The molecular weight excluding hydrogens is 423 g/mol. The number of nitrogens with zero attached hydrogens (tertiary/aromatic N) is 2. The van der Waals surface area contributed by atoms with E-state index in [0.717, 1.165) is 10.7 Å². The number of amides is 1. The van der Waals surface area contributed by atoms with Crippen LogP contribution in [0, 0.1) is 0 Å². The number of rotatable bonds is 5. The van der Waals surface area contributed by atoms with Gasteiger partial charge >= 0.3 is 6.18 Å². The first-order valence-electron chi connectivity index (χ1n) is 8.87. The van der Waals surface area contributed by atoms with Gasteiger partial charge in [-0.3, -0.25) is 4.79 Å². The van der Waals surface area contributed by atoms with Crippen molar-refractivity contribution in [3.05, 3.63) is 70.5 Å². The molecule has 0 radical (unpaired) electrons. The van der Waals surface area contributed by atoms with Gasteiger partial charge in [0.05, 0.1) is 24.3 Å². The van der Waals surface area contributed by atoms with Crippen molar-refractivity contribution in [1.29, 1.82) is 0 Å². The number of fused-ring (bicyclic) bond motifs is 1. The van der Waals surface area contributed by atoms with Crippen molar-refractivity contribution in [1.82, 2.24) is 15.1 Å². The second-order valence-electron chi connectivity index (χ2n) is 6.55. The van der Waals surface area contributed by atoms with Crippen LogP contribution in [0.3, 0.4) is 0 Å². The lowest BCUT2D eigenvalue weighted by atomic mass is 10.1. The SMILES string of the molecule is O=C(Cc1ccc2c(c1)OCO2)NCc1cc(C(F)(F)F)nn1-c1cccc(Cl)c1. The molecule has 1 N–H and O–H groups in total. The lowest BCUT2D eigenvalue weighted by Crippen LogP contribution is -2.25. The molecule has 0 fully saturated rings. The molecule has 0 bridgehead atoms. The van der Waals surface area contributed by atoms with Crippen LogP contribution in [0.5, 0.6) is 11.5 Å². The molecule has 1 amide bonds. The summed E-state index contributed by atoms with van der Waals surface area (Å²) in [5.74, 6) is 0.791. The van der Waals surface area contributed by atoms with Gasteiger partial charge in [-0.05, 0) is 42.0 Å². The summed E-state index contributed by atoms with van der Waals surface area (Å²) in [7, 11) is 0. The third kappa shape index (κ3) is 4.35. The molecule has 4 rings (SSSR count). The van der Waals surface area contributed by atoms with Crippen LogP contribution in [-0.2, 0) is 23.9 Å². The summed E-state index contributed by atoms with van der Waals surface area (Å²) in [6.45, 7) is -0.0149. The zero-order chi connectivity index (χ0) is 21.3. The fourth-order valence-electron chi connectivity index (χ4n) is 3.00. The third-order valence-electron chi connectivity index (χ3n) is 4.39. The lowest BCUT2D eigenvalue weighted by molar-refractivity contribution is -0.141. The predicted octanol–water partition coefficient (Wildman–Crippen LogP) is 4.13. The summed E-state index contributed by atoms with van der Waals surface area (Å²) in [5.41, 5.74) is 0.167. The van der Waals surface area contributed by atoms with E-state index in [9.17, 15) is 18.0 Å². The smallest absolute Gasteiger partial charge is 0.435 e. The molecule has 1 aliphatic heterocycles. The number of benzene rings is 2. The molecule has 2 aromatic carbocycles. The normalized spacial score (nSPS) is 12.8. The highest BCUT2D eigenvalue weighted by atomic mass is 35.5. The van der Waals surface area contributed by atoms with Crippen molar-refractivity contribution < 1.29 is 27.4 Å². The highest BCUT2D eigenvalue weighted by molar-refractivity contribution is 6.30. The number of ether oxygens (including phenoxy) is 2. The van der Waals surface area contributed by atoms with E-state index in [-0.39, 0.29) is 31.4 Å². The van der Waals surface area contributed by atoms with Crippen molar-refractivity contribution in [2.24, 2.45) is 0 Å². The molecule has 1 aromatic heterocycles. The van der Waals surface area contributed by atoms with Crippen molar-refractivity contribution in [3.8, 4) is 17.2 Å². The van der Waals surface area contributed by atoms with Crippen LogP contribution < -0.4 is 14.8 Å². The Morgan fingerprint density at radius 1 is 1.13 bits per heavy atom. The maximum atomic E-state index is 13.2. The average Bonchev–Trinajstić information content (AvgIpc) is 3.32. The Labute approximate surface area is 174 Å². The first-order valence-corrected chi connectivity index (χ1v) is 9.25. The topological polar surface area (TPSA) is 65.4 Å². The fourth-order valence-corrected chi connectivity index (χ4v) is 3.19. The van der Waals surface area contributed by atoms with Gasteiger partial charge < -0.3 is 14.8 Å². The van der Waals surface area contributed by atoms with Gasteiger partial charge in [-0.15, -0.1) is 0 Å². The Bertz CT molecular complexity index is 1100. The van der Waals surface area contributed by atoms with E-state index in [1.165, 1.54) is 6.07 Å². The summed E-state index contributed by atoms with van der Waals surface area (Å²) < 4.78 is 51.1. The molecule has 0 saturated carbocycles. The lowest BCUT2D eigenvalue weighted by Gasteiger charge is -2.09. The number of carbonyl (C=O) groups is 1. The number of aromatic nitrogens is 2. The molecule has 30 heavy (non-hydrogen) atoms. The summed E-state index contributed by atoms with van der Waals surface area (Å²) in [6, 6.07) is 12.3. The van der Waals surface area contributed by atoms with Crippen LogP contribution in [0.4, 0.5) is 13.2 Å². The Morgan fingerprint density at radius 2 is 1.93 bits per heavy atom. The van der Waals surface area contributed by atoms with E-state index in [2.05, 4.69) is 10.4 Å². The maximum absolute atomic E-state index is 13.2. The number of hydrogen-bond acceptors (Lipinski definition) is 4. The molecule has 156 valence electrons. The van der Waals surface area contributed by atoms with E-state index < -0.39 is 11.9 Å². The summed E-state index contributed by atoms with van der Waals surface area (Å²) >= 11 is 5.95. The number of halogens is 4. The Morgan fingerprint density at radius 3 is 2.70 bits per heavy atom. The van der Waals surface area contributed by atoms with E-state index in [1.54, 1.807) is 36.4 Å². The molecule has 2 heterocycles. The summed E-state index contributed by atoms with van der Waals surface area (Å²) in [5, 5.41) is 6.63. The number of carbonyl (C=O) groups excluding carboxylic acids is 1. The third-order valence-corrected chi connectivity index (χ3v) is 4.63. The highest BCUT2D eigenvalue weighted by Crippen LogP contribution is 2.33. The van der Waals surface area contributed by atoms with Crippen LogP contribution in [-0.4, -0.2) is 22.5 Å². The molecule has 0 unspecified atom stereocenters. The van der Waals surface area contributed by atoms with Gasteiger partial charge in [0.15, 0.2) is 17.2 Å². The standard InChI is InChI=1S/C20H15ClF3N3O3/c21-13-2-1-3-14(8-13)27-15(9-18(26-27)20(22,23)24)10-25-19(28)7-12-4-5-16-17(6-12)30-11-29-16/h1-6,8-9H,7,10-11H2,(H,25,28). The van der Waals surface area contributed by atoms with Crippen LogP contribution in [0.1, 0.15) is 17.0 Å². The highest BCUT2D eigenvalue weighted by Gasteiger charge is 2.35. The molecule has 0 atom stereocenters.